The van der Waals surface area contributed by atoms with Gasteiger partial charge in [-0.05, 0) is 42.5 Å². The van der Waals surface area contributed by atoms with E-state index in [2.05, 4.69) is 0 Å². The second-order valence-corrected chi connectivity index (χ2v) is 4.80. The van der Waals surface area contributed by atoms with E-state index in [1.807, 2.05) is 0 Å². The van der Waals surface area contributed by atoms with Gasteiger partial charge in [-0.25, -0.2) is 0 Å². The van der Waals surface area contributed by atoms with Crippen LogP contribution in [-0.4, -0.2) is 19.5 Å². The number of ether oxygens (including phenoxy) is 2. The summed E-state index contributed by atoms with van der Waals surface area (Å²) in [4.78, 5) is 10.5. The first-order valence-corrected chi connectivity index (χ1v) is 6.70. The van der Waals surface area contributed by atoms with Gasteiger partial charge in [0.25, 0.3) is 0 Å². The molecule has 0 heterocycles. The molecule has 0 amide bonds. The molecule has 20 heavy (non-hydrogen) atoms. The smallest absolute Gasteiger partial charge is 0.150 e. The van der Waals surface area contributed by atoms with Gasteiger partial charge in [0.05, 0.1) is 5.02 Å². The number of rotatable bonds is 6. The predicted molar refractivity (Wildman–Crippen MR) is 79.3 cm³/mol. The van der Waals surface area contributed by atoms with Crippen molar-refractivity contribution < 1.29 is 14.3 Å². The lowest BCUT2D eigenvalue weighted by molar-refractivity contribution is 0.112. The van der Waals surface area contributed by atoms with E-state index < -0.39 is 0 Å². The Morgan fingerprint density at radius 3 is 2.30 bits per heavy atom. The monoisotopic (exact) mass is 310 g/mol. The molecular formula is C15H12Cl2O3. The second-order valence-electron chi connectivity index (χ2n) is 3.96. The number of halogens is 2. The molecule has 0 radical (unpaired) electrons. The molecule has 0 saturated heterocycles. The minimum absolute atomic E-state index is 0.358. The van der Waals surface area contributed by atoms with E-state index in [-0.39, 0.29) is 0 Å². The molecule has 2 rings (SSSR count). The standard InChI is InChI=1S/C15H12Cl2O3/c16-12-3-6-15(14(17)9-12)20-8-7-19-13-4-1-11(10-18)2-5-13/h1-6,9-10H,7-8H2. The van der Waals surface area contributed by atoms with Crippen LogP contribution in [0.4, 0.5) is 0 Å². The van der Waals surface area contributed by atoms with Crippen molar-refractivity contribution in [3.05, 3.63) is 58.1 Å². The Bertz CT molecular complexity index is 582. The summed E-state index contributed by atoms with van der Waals surface area (Å²) in [6.45, 7) is 0.732. The van der Waals surface area contributed by atoms with Crippen LogP contribution in [0.15, 0.2) is 42.5 Å². The van der Waals surface area contributed by atoms with Crippen LogP contribution >= 0.6 is 23.2 Å². The topological polar surface area (TPSA) is 35.5 Å². The highest BCUT2D eigenvalue weighted by Crippen LogP contribution is 2.27. The van der Waals surface area contributed by atoms with Crippen molar-refractivity contribution in [3.63, 3.8) is 0 Å². The third-order valence-corrected chi connectivity index (χ3v) is 3.05. The number of hydrogen-bond donors (Lipinski definition) is 0. The zero-order valence-corrected chi connectivity index (χ0v) is 12.0. The van der Waals surface area contributed by atoms with Gasteiger partial charge in [-0.1, -0.05) is 23.2 Å². The van der Waals surface area contributed by atoms with Crippen molar-refractivity contribution >= 4 is 29.5 Å². The molecule has 0 saturated carbocycles. The Morgan fingerprint density at radius 2 is 1.65 bits per heavy atom. The number of hydrogen-bond acceptors (Lipinski definition) is 3. The van der Waals surface area contributed by atoms with Crippen molar-refractivity contribution in [1.82, 2.24) is 0 Å². The van der Waals surface area contributed by atoms with Crippen molar-refractivity contribution in [2.75, 3.05) is 13.2 Å². The second kappa shape index (κ2) is 7.17. The maximum Gasteiger partial charge on any atom is 0.150 e. The van der Waals surface area contributed by atoms with Gasteiger partial charge < -0.3 is 9.47 Å². The van der Waals surface area contributed by atoms with Crippen LogP contribution in [0.25, 0.3) is 0 Å². The largest absolute Gasteiger partial charge is 0.490 e. The summed E-state index contributed by atoms with van der Waals surface area (Å²) < 4.78 is 11.0. The Hall–Kier alpha value is -1.71. The molecule has 0 atom stereocenters. The first-order valence-electron chi connectivity index (χ1n) is 5.95. The van der Waals surface area contributed by atoms with Crippen molar-refractivity contribution in [2.24, 2.45) is 0 Å². The zero-order chi connectivity index (χ0) is 14.4. The first-order chi connectivity index (χ1) is 9.69. The number of carbonyl (C=O) groups excluding carboxylic acids is 1. The molecule has 0 aliphatic heterocycles. The molecule has 2 aromatic rings. The van der Waals surface area contributed by atoms with Gasteiger partial charge in [0.2, 0.25) is 0 Å². The molecule has 0 N–H and O–H groups in total. The lowest BCUT2D eigenvalue weighted by Gasteiger charge is -2.09. The summed E-state index contributed by atoms with van der Waals surface area (Å²) in [5.74, 6) is 1.25. The minimum atomic E-state index is 0.358. The van der Waals surface area contributed by atoms with Crippen LogP contribution in [0.2, 0.25) is 10.0 Å². The van der Waals surface area contributed by atoms with Gasteiger partial charge in [-0.15, -0.1) is 0 Å². The Morgan fingerprint density at radius 1 is 0.950 bits per heavy atom. The summed E-state index contributed by atoms with van der Waals surface area (Å²) in [5, 5.41) is 1.03. The Labute approximate surface area is 127 Å². The molecule has 0 unspecified atom stereocenters. The molecule has 0 bridgehead atoms. The molecule has 3 nitrogen and oxygen atoms in total. The molecule has 104 valence electrons. The molecule has 2 aromatic carbocycles. The normalized spacial score (nSPS) is 10.1. The number of aldehydes is 1. The van der Waals surface area contributed by atoms with Crippen LogP contribution < -0.4 is 9.47 Å². The SMILES string of the molecule is O=Cc1ccc(OCCOc2ccc(Cl)cc2Cl)cc1. The average molecular weight is 311 g/mol. The average Bonchev–Trinajstić information content (AvgIpc) is 2.46. The highest BCUT2D eigenvalue weighted by atomic mass is 35.5. The number of benzene rings is 2. The van der Waals surface area contributed by atoms with Gasteiger partial charge in [-0.2, -0.15) is 0 Å². The van der Waals surface area contributed by atoms with E-state index in [1.54, 1.807) is 42.5 Å². The van der Waals surface area contributed by atoms with E-state index in [9.17, 15) is 4.79 Å². The Kier molecular flexibility index (Phi) is 5.27. The fourth-order valence-electron chi connectivity index (χ4n) is 1.55. The summed E-state index contributed by atoms with van der Waals surface area (Å²) >= 11 is 11.8. The molecule has 0 aliphatic rings. The van der Waals surface area contributed by atoms with Gasteiger partial charge in [-0.3, -0.25) is 4.79 Å². The number of carbonyl (C=O) groups is 1. The maximum absolute atomic E-state index is 10.5. The molecule has 0 aromatic heterocycles. The zero-order valence-electron chi connectivity index (χ0n) is 10.5. The van der Waals surface area contributed by atoms with E-state index in [0.29, 0.717) is 40.3 Å². The molecule has 0 aliphatic carbocycles. The fraction of sp³-hybridized carbons (Fsp3) is 0.133. The third-order valence-electron chi connectivity index (χ3n) is 2.52. The van der Waals surface area contributed by atoms with Crippen LogP contribution in [0, 0.1) is 0 Å². The molecular weight excluding hydrogens is 299 g/mol. The van der Waals surface area contributed by atoms with E-state index >= 15 is 0 Å². The third kappa shape index (κ3) is 4.15. The first kappa shape index (κ1) is 14.7. The molecule has 0 fully saturated rings. The van der Waals surface area contributed by atoms with Crippen molar-refractivity contribution in [1.29, 1.82) is 0 Å². The fourth-order valence-corrected chi connectivity index (χ4v) is 2.01. The summed E-state index contributed by atoms with van der Waals surface area (Å²) in [6, 6.07) is 11.9. The minimum Gasteiger partial charge on any atom is -0.490 e. The van der Waals surface area contributed by atoms with Crippen molar-refractivity contribution in [2.45, 2.75) is 0 Å². The maximum atomic E-state index is 10.5. The lowest BCUT2D eigenvalue weighted by atomic mass is 10.2. The lowest BCUT2D eigenvalue weighted by Crippen LogP contribution is -2.09. The summed E-state index contributed by atoms with van der Waals surface area (Å²) in [6.07, 6.45) is 0.787. The van der Waals surface area contributed by atoms with Crippen molar-refractivity contribution in [3.8, 4) is 11.5 Å². The molecule has 5 heteroatoms. The highest BCUT2D eigenvalue weighted by molar-refractivity contribution is 6.35. The quantitative estimate of drug-likeness (QED) is 0.590. The summed E-state index contributed by atoms with van der Waals surface area (Å²) in [5.41, 5.74) is 0.613. The highest BCUT2D eigenvalue weighted by Gasteiger charge is 2.02. The molecule has 0 spiro atoms. The van der Waals surface area contributed by atoms with Gasteiger partial charge in [0.1, 0.15) is 31.0 Å². The predicted octanol–water partition coefficient (Wildman–Crippen LogP) is 4.26. The van der Waals surface area contributed by atoms with E-state index in [0.717, 1.165) is 6.29 Å². The Balaban J connectivity index is 1.79. The summed E-state index contributed by atoms with van der Waals surface area (Å²) in [7, 11) is 0. The van der Waals surface area contributed by atoms with Gasteiger partial charge in [0, 0.05) is 10.6 Å². The van der Waals surface area contributed by atoms with E-state index in [1.165, 1.54) is 0 Å². The van der Waals surface area contributed by atoms with Crippen LogP contribution in [0.3, 0.4) is 0 Å². The van der Waals surface area contributed by atoms with Gasteiger partial charge in [0.15, 0.2) is 0 Å². The van der Waals surface area contributed by atoms with Gasteiger partial charge >= 0.3 is 0 Å². The van der Waals surface area contributed by atoms with Crippen LogP contribution in [0.1, 0.15) is 10.4 Å². The van der Waals surface area contributed by atoms with Crippen LogP contribution in [0.5, 0.6) is 11.5 Å². The van der Waals surface area contributed by atoms with Crippen LogP contribution in [-0.2, 0) is 0 Å². The van der Waals surface area contributed by atoms with E-state index in [4.69, 9.17) is 32.7 Å².